The Hall–Kier alpha value is -0.300. The lowest BCUT2D eigenvalue weighted by atomic mass is 9.73. The molecule has 0 aliphatic rings. The zero-order valence-electron chi connectivity index (χ0n) is 19.6. The molecule has 30 heavy (non-hydrogen) atoms. The summed E-state index contributed by atoms with van der Waals surface area (Å²) in [6.45, 7) is 7.60. The summed E-state index contributed by atoms with van der Waals surface area (Å²) in [5.41, 5.74) is -0.603. The number of alkyl halides is 3. The van der Waals surface area contributed by atoms with Gasteiger partial charge in [-0.05, 0) is 31.6 Å². The van der Waals surface area contributed by atoms with E-state index in [1.165, 1.54) is 32.1 Å². The lowest BCUT2D eigenvalue weighted by molar-refractivity contribution is -0.135. The molecule has 0 saturated heterocycles. The SMILES string of the molecule is CCCCCCCCCCC(C)(C(C)(C)CCCCCCCC(F)(F)F)S(=O)(=O)O. The first-order valence-electron chi connectivity index (χ1n) is 11.8. The fourth-order valence-electron chi connectivity index (χ4n) is 4.10. The zero-order valence-corrected chi connectivity index (χ0v) is 20.4. The van der Waals surface area contributed by atoms with Crippen molar-refractivity contribution in [1.29, 1.82) is 0 Å². The van der Waals surface area contributed by atoms with Gasteiger partial charge in [-0.25, -0.2) is 0 Å². The second-order valence-electron chi connectivity index (χ2n) is 9.70. The van der Waals surface area contributed by atoms with Crippen molar-refractivity contribution in [3.8, 4) is 0 Å². The standard InChI is InChI=1S/C23H45F3O3S/c1-5-6-7-8-9-10-13-16-19-22(4,30(27,28)29)21(2,3)18-15-12-11-14-17-20-23(24,25)26/h5-20H2,1-4H3,(H,27,28,29). The topological polar surface area (TPSA) is 54.4 Å². The van der Waals surface area contributed by atoms with Crippen LogP contribution in [0, 0.1) is 5.41 Å². The lowest BCUT2D eigenvalue weighted by Crippen LogP contribution is -2.48. The van der Waals surface area contributed by atoms with Crippen molar-refractivity contribution in [3.63, 3.8) is 0 Å². The van der Waals surface area contributed by atoms with Gasteiger partial charge in [-0.15, -0.1) is 0 Å². The van der Waals surface area contributed by atoms with Gasteiger partial charge in [0.05, 0.1) is 4.75 Å². The maximum Gasteiger partial charge on any atom is 0.389 e. The van der Waals surface area contributed by atoms with E-state index in [-0.39, 0.29) is 6.42 Å². The monoisotopic (exact) mass is 458 g/mol. The predicted octanol–water partition coefficient (Wildman–Crippen LogP) is 8.48. The highest BCUT2D eigenvalue weighted by Crippen LogP contribution is 2.44. The van der Waals surface area contributed by atoms with Gasteiger partial charge in [0.25, 0.3) is 10.1 Å². The van der Waals surface area contributed by atoms with Crippen LogP contribution in [-0.4, -0.2) is 23.9 Å². The van der Waals surface area contributed by atoms with Gasteiger partial charge in [0.2, 0.25) is 0 Å². The van der Waals surface area contributed by atoms with Crippen molar-refractivity contribution in [2.45, 2.75) is 141 Å². The molecule has 182 valence electrons. The smallest absolute Gasteiger partial charge is 0.285 e. The molecule has 0 spiro atoms. The second-order valence-corrected chi connectivity index (χ2v) is 11.5. The van der Waals surface area contributed by atoms with Crippen LogP contribution in [0.1, 0.15) is 130 Å². The van der Waals surface area contributed by atoms with Gasteiger partial charge in [-0.2, -0.15) is 21.6 Å². The summed E-state index contributed by atoms with van der Waals surface area (Å²) in [5.74, 6) is 0. The van der Waals surface area contributed by atoms with Gasteiger partial charge in [0.15, 0.2) is 0 Å². The highest BCUT2D eigenvalue weighted by atomic mass is 32.2. The molecule has 1 unspecified atom stereocenters. The molecule has 0 aromatic heterocycles. The Balaban J connectivity index is 4.43. The van der Waals surface area contributed by atoms with E-state index in [1.54, 1.807) is 6.92 Å². The van der Waals surface area contributed by atoms with Gasteiger partial charge in [0.1, 0.15) is 0 Å². The van der Waals surface area contributed by atoms with Crippen LogP contribution in [0.3, 0.4) is 0 Å². The van der Waals surface area contributed by atoms with Crippen molar-refractivity contribution >= 4 is 10.1 Å². The summed E-state index contributed by atoms with van der Waals surface area (Å²) in [4.78, 5) is 0. The van der Waals surface area contributed by atoms with E-state index < -0.39 is 32.9 Å². The minimum Gasteiger partial charge on any atom is -0.285 e. The minimum absolute atomic E-state index is 0.147. The van der Waals surface area contributed by atoms with Gasteiger partial charge in [0, 0.05) is 6.42 Å². The highest BCUT2D eigenvalue weighted by molar-refractivity contribution is 7.87. The van der Waals surface area contributed by atoms with Crippen molar-refractivity contribution in [2.24, 2.45) is 5.41 Å². The quantitative estimate of drug-likeness (QED) is 0.165. The molecule has 0 aliphatic carbocycles. The first kappa shape index (κ1) is 29.7. The van der Waals surface area contributed by atoms with Crippen LogP contribution >= 0.6 is 0 Å². The molecule has 0 aromatic rings. The van der Waals surface area contributed by atoms with Crippen LogP contribution < -0.4 is 0 Å². The highest BCUT2D eigenvalue weighted by Gasteiger charge is 2.49. The molecule has 0 saturated carbocycles. The van der Waals surface area contributed by atoms with Crippen LogP contribution in [0.2, 0.25) is 0 Å². The Labute approximate surface area is 183 Å². The maximum absolute atomic E-state index is 12.3. The van der Waals surface area contributed by atoms with Crippen molar-refractivity contribution in [3.05, 3.63) is 0 Å². The molecule has 0 aliphatic heterocycles. The number of hydrogen-bond acceptors (Lipinski definition) is 2. The summed E-state index contributed by atoms with van der Waals surface area (Å²) in [7, 11) is -4.22. The molecule has 0 bridgehead atoms. The van der Waals surface area contributed by atoms with Gasteiger partial charge in [-0.3, -0.25) is 4.55 Å². The Bertz CT molecular complexity index is 544. The summed E-state index contributed by atoms with van der Waals surface area (Å²) in [5, 5.41) is 0. The summed E-state index contributed by atoms with van der Waals surface area (Å²) in [6, 6.07) is 0. The molecule has 1 N–H and O–H groups in total. The average molecular weight is 459 g/mol. The fourth-order valence-corrected chi connectivity index (χ4v) is 5.30. The third-order valence-electron chi connectivity index (χ3n) is 6.77. The average Bonchev–Trinajstić information content (AvgIpc) is 2.60. The fraction of sp³-hybridized carbons (Fsp3) is 1.00. The van der Waals surface area contributed by atoms with Crippen LogP contribution in [0.25, 0.3) is 0 Å². The van der Waals surface area contributed by atoms with E-state index in [9.17, 15) is 26.1 Å². The Morgan fingerprint density at radius 2 is 1.00 bits per heavy atom. The molecule has 0 radical (unpaired) electrons. The van der Waals surface area contributed by atoms with E-state index in [2.05, 4.69) is 6.92 Å². The van der Waals surface area contributed by atoms with Crippen LogP contribution in [0.5, 0.6) is 0 Å². The van der Waals surface area contributed by atoms with E-state index in [4.69, 9.17) is 0 Å². The molecule has 0 amide bonds. The van der Waals surface area contributed by atoms with E-state index in [0.717, 1.165) is 32.1 Å². The molecule has 7 heteroatoms. The van der Waals surface area contributed by atoms with E-state index in [1.807, 2.05) is 13.8 Å². The molecular weight excluding hydrogens is 413 g/mol. The van der Waals surface area contributed by atoms with Crippen LogP contribution in [0.15, 0.2) is 0 Å². The minimum atomic E-state index is -4.22. The Kier molecular flexibility index (Phi) is 13.8. The predicted molar refractivity (Wildman–Crippen MR) is 119 cm³/mol. The van der Waals surface area contributed by atoms with Gasteiger partial charge >= 0.3 is 6.18 Å². The van der Waals surface area contributed by atoms with Crippen molar-refractivity contribution in [2.75, 3.05) is 0 Å². The summed E-state index contributed by atoms with van der Waals surface area (Å²) < 4.78 is 69.8. The summed E-state index contributed by atoms with van der Waals surface area (Å²) in [6.07, 6.45) is 8.09. The number of halogens is 3. The normalized spacial score (nSPS) is 15.3. The lowest BCUT2D eigenvalue weighted by Gasteiger charge is -2.42. The Morgan fingerprint density at radius 3 is 1.40 bits per heavy atom. The Morgan fingerprint density at radius 1 is 0.633 bits per heavy atom. The number of unbranched alkanes of at least 4 members (excludes halogenated alkanes) is 11. The van der Waals surface area contributed by atoms with Gasteiger partial charge in [-0.1, -0.05) is 97.8 Å². The van der Waals surface area contributed by atoms with Crippen LogP contribution in [0.4, 0.5) is 13.2 Å². The molecule has 0 aromatic carbocycles. The first-order chi connectivity index (χ1) is 13.8. The largest absolute Gasteiger partial charge is 0.389 e. The molecular formula is C23H45F3O3S. The molecule has 1 atom stereocenters. The summed E-state index contributed by atoms with van der Waals surface area (Å²) >= 11 is 0. The van der Waals surface area contributed by atoms with Crippen molar-refractivity contribution < 1.29 is 26.1 Å². The third-order valence-corrected chi connectivity index (χ3v) is 8.67. The number of rotatable bonds is 18. The molecule has 0 fully saturated rings. The number of hydrogen-bond donors (Lipinski definition) is 1. The van der Waals surface area contributed by atoms with E-state index in [0.29, 0.717) is 25.7 Å². The van der Waals surface area contributed by atoms with Crippen LogP contribution in [-0.2, 0) is 10.1 Å². The molecule has 3 nitrogen and oxygen atoms in total. The third kappa shape index (κ3) is 11.9. The second kappa shape index (κ2) is 14.0. The first-order valence-corrected chi connectivity index (χ1v) is 13.2. The molecule has 0 rings (SSSR count). The molecule has 0 heterocycles. The maximum atomic E-state index is 12.3. The van der Waals surface area contributed by atoms with E-state index >= 15 is 0 Å². The van der Waals surface area contributed by atoms with Crippen molar-refractivity contribution in [1.82, 2.24) is 0 Å². The zero-order chi connectivity index (χ0) is 23.3. The van der Waals surface area contributed by atoms with Gasteiger partial charge < -0.3 is 0 Å².